The molecule has 2 rings (SSSR count). The number of urea groups is 1. The van der Waals surface area contributed by atoms with Crippen molar-refractivity contribution in [2.45, 2.75) is 26.8 Å². The number of nitrogens with zero attached hydrogens (tertiary/aromatic N) is 3. The number of carboxylic acids is 1. The highest BCUT2D eigenvalue weighted by molar-refractivity contribution is 5.90. The third-order valence-corrected chi connectivity index (χ3v) is 3.49. The first-order valence-electron chi connectivity index (χ1n) is 6.26. The van der Waals surface area contributed by atoms with Crippen LogP contribution in [0.3, 0.4) is 0 Å². The monoisotopic (exact) mass is 266 g/mol. The Morgan fingerprint density at radius 1 is 1.58 bits per heavy atom. The van der Waals surface area contributed by atoms with Gasteiger partial charge in [0, 0.05) is 25.8 Å². The first-order chi connectivity index (χ1) is 8.94. The summed E-state index contributed by atoms with van der Waals surface area (Å²) in [5.41, 5.74) is -0.221. The van der Waals surface area contributed by atoms with Crippen LogP contribution in [0, 0.1) is 5.41 Å². The van der Waals surface area contributed by atoms with E-state index in [0.717, 1.165) is 6.54 Å². The van der Waals surface area contributed by atoms with Crippen molar-refractivity contribution in [1.29, 1.82) is 0 Å². The van der Waals surface area contributed by atoms with E-state index >= 15 is 0 Å². The number of amides is 2. The Labute approximate surface area is 111 Å². The average Bonchev–Trinajstić information content (AvgIpc) is 2.96. The van der Waals surface area contributed by atoms with E-state index in [-0.39, 0.29) is 12.6 Å². The molecule has 2 N–H and O–H groups in total. The molecule has 1 aromatic heterocycles. The molecule has 0 aliphatic carbocycles. The molecule has 1 saturated heterocycles. The zero-order valence-corrected chi connectivity index (χ0v) is 11.1. The Kier molecular flexibility index (Phi) is 3.46. The fraction of sp³-hybridized carbons (Fsp3) is 0.583. The van der Waals surface area contributed by atoms with Crippen molar-refractivity contribution < 1.29 is 14.7 Å². The van der Waals surface area contributed by atoms with Crippen LogP contribution in [0.5, 0.6) is 0 Å². The quantitative estimate of drug-likeness (QED) is 0.861. The predicted molar refractivity (Wildman–Crippen MR) is 68.9 cm³/mol. The number of aromatic nitrogens is 2. The van der Waals surface area contributed by atoms with Gasteiger partial charge in [-0.3, -0.25) is 9.48 Å². The number of carbonyl (C=O) groups excluding carboxylic acids is 1. The standard InChI is InChI=1S/C12H18N4O3/c1-3-16-7-9(6-13-16)14-11(19)15-5-4-12(2,8-15)10(17)18/h6-7H,3-5,8H2,1-2H3,(H,14,19)(H,17,18). The Balaban J connectivity index is 1.96. The molecule has 0 aromatic carbocycles. The minimum atomic E-state index is -0.860. The zero-order valence-electron chi connectivity index (χ0n) is 11.1. The predicted octanol–water partition coefficient (Wildman–Crippen LogP) is 1.23. The zero-order chi connectivity index (χ0) is 14.0. The maximum atomic E-state index is 12.0. The molecule has 1 unspecified atom stereocenters. The molecule has 2 amide bonds. The molecule has 2 heterocycles. The van der Waals surface area contributed by atoms with Crippen LogP contribution in [-0.2, 0) is 11.3 Å². The third kappa shape index (κ3) is 2.69. The molecule has 0 saturated carbocycles. The summed E-state index contributed by atoms with van der Waals surface area (Å²) in [5, 5.41) is 15.9. The van der Waals surface area contributed by atoms with Gasteiger partial charge in [-0.1, -0.05) is 0 Å². The third-order valence-electron chi connectivity index (χ3n) is 3.49. The second-order valence-corrected chi connectivity index (χ2v) is 5.05. The first-order valence-corrected chi connectivity index (χ1v) is 6.26. The molecule has 7 nitrogen and oxygen atoms in total. The molecule has 1 aliphatic heterocycles. The smallest absolute Gasteiger partial charge is 0.321 e. The number of aryl methyl sites for hydroxylation is 1. The molecule has 104 valence electrons. The second kappa shape index (κ2) is 4.91. The fourth-order valence-electron chi connectivity index (χ4n) is 2.11. The van der Waals surface area contributed by atoms with Crippen LogP contribution in [0.1, 0.15) is 20.3 Å². The first kappa shape index (κ1) is 13.4. The van der Waals surface area contributed by atoms with E-state index in [9.17, 15) is 9.59 Å². The number of likely N-dealkylation sites (tertiary alicyclic amines) is 1. The van der Waals surface area contributed by atoms with Crippen molar-refractivity contribution in [3.63, 3.8) is 0 Å². The van der Waals surface area contributed by atoms with Crippen molar-refractivity contribution in [1.82, 2.24) is 14.7 Å². The van der Waals surface area contributed by atoms with E-state index in [0.29, 0.717) is 18.7 Å². The largest absolute Gasteiger partial charge is 0.481 e. The molecule has 0 bridgehead atoms. The van der Waals surface area contributed by atoms with E-state index in [4.69, 9.17) is 5.11 Å². The number of carboxylic acid groups (broad SMARTS) is 1. The van der Waals surface area contributed by atoms with E-state index in [1.807, 2.05) is 6.92 Å². The van der Waals surface area contributed by atoms with Gasteiger partial charge in [-0.25, -0.2) is 4.79 Å². The van der Waals surface area contributed by atoms with Gasteiger partial charge in [0.15, 0.2) is 0 Å². The van der Waals surface area contributed by atoms with Crippen molar-refractivity contribution in [2.24, 2.45) is 5.41 Å². The lowest BCUT2D eigenvalue weighted by atomic mass is 9.90. The van der Waals surface area contributed by atoms with E-state index < -0.39 is 11.4 Å². The molecule has 0 radical (unpaired) electrons. The van der Waals surface area contributed by atoms with Gasteiger partial charge < -0.3 is 15.3 Å². The van der Waals surface area contributed by atoms with Gasteiger partial charge in [-0.2, -0.15) is 5.10 Å². The maximum Gasteiger partial charge on any atom is 0.321 e. The Bertz CT molecular complexity index is 499. The van der Waals surface area contributed by atoms with Crippen LogP contribution >= 0.6 is 0 Å². The lowest BCUT2D eigenvalue weighted by Gasteiger charge is -2.20. The number of hydrogen-bond donors (Lipinski definition) is 2. The molecule has 1 atom stereocenters. The normalized spacial score (nSPS) is 22.5. The van der Waals surface area contributed by atoms with Crippen LogP contribution in [0.2, 0.25) is 0 Å². The Morgan fingerprint density at radius 3 is 2.84 bits per heavy atom. The SMILES string of the molecule is CCn1cc(NC(=O)N2CCC(C)(C(=O)O)C2)cn1. The van der Waals surface area contributed by atoms with Gasteiger partial charge >= 0.3 is 12.0 Å². The molecular weight excluding hydrogens is 248 g/mol. The highest BCUT2D eigenvalue weighted by Gasteiger charge is 2.42. The van der Waals surface area contributed by atoms with E-state index in [1.165, 1.54) is 4.90 Å². The van der Waals surface area contributed by atoms with E-state index in [2.05, 4.69) is 10.4 Å². The maximum absolute atomic E-state index is 12.0. The summed E-state index contributed by atoms with van der Waals surface area (Å²) in [4.78, 5) is 24.7. The number of hydrogen-bond acceptors (Lipinski definition) is 3. The van der Waals surface area contributed by atoms with Crippen molar-refractivity contribution in [3.8, 4) is 0 Å². The average molecular weight is 266 g/mol. The van der Waals surface area contributed by atoms with Gasteiger partial charge in [0.1, 0.15) is 0 Å². The minimum Gasteiger partial charge on any atom is -0.481 e. The molecule has 1 fully saturated rings. The van der Waals surface area contributed by atoms with E-state index in [1.54, 1.807) is 24.0 Å². The van der Waals surface area contributed by atoms with Gasteiger partial charge in [-0.15, -0.1) is 0 Å². The summed E-state index contributed by atoms with van der Waals surface area (Å²) in [7, 11) is 0. The summed E-state index contributed by atoms with van der Waals surface area (Å²) in [6.45, 7) is 5.04. The Hall–Kier alpha value is -2.05. The van der Waals surface area contributed by atoms with Crippen molar-refractivity contribution in [3.05, 3.63) is 12.4 Å². The molecule has 19 heavy (non-hydrogen) atoms. The van der Waals surface area contributed by atoms with Gasteiger partial charge in [0.2, 0.25) is 0 Å². The summed E-state index contributed by atoms with van der Waals surface area (Å²) in [6.07, 6.45) is 3.79. The van der Waals surface area contributed by atoms with Crippen LogP contribution in [0.4, 0.5) is 10.5 Å². The summed E-state index contributed by atoms with van der Waals surface area (Å²) in [6, 6.07) is -0.277. The number of carbonyl (C=O) groups is 2. The summed E-state index contributed by atoms with van der Waals surface area (Å²) in [5.74, 6) is -0.860. The van der Waals surface area contributed by atoms with Crippen molar-refractivity contribution in [2.75, 3.05) is 18.4 Å². The van der Waals surface area contributed by atoms with Crippen molar-refractivity contribution >= 4 is 17.7 Å². The lowest BCUT2D eigenvalue weighted by Crippen LogP contribution is -2.37. The molecule has 1 aromatic rings. The Morgan fingerprint density at radius 2 is 2.32 bits per heavy atom. The molecule has 7 heteroatoms. The van der Waals surface area contributed by atoms with Gasteiger partial charge in [0.05, 0.1) is 17.3 Å². The number of rotatable bonds is 3. The van der Waals surface area contributed by atoms with Crippen LogP contribution in [0.25, 0.3) is 0 Å². The highest BCUT2D eigenvalue weighted by Crippen LogP contribution is 2.30. The second-order valence-electron chi connectivity index (χ2n) is 5.05. The topological polar surface area (TPSA) is 87.5 Å². The number of aliphatic carboxylic acids is 1. The van der Waals surface area contributed by atoms with Crippen LogP contribution in [-0.4, -0.2) is 44.9 Å². The van der Waals surface area contributed by atoms with Crippen LogP contribution < -0.4 is 5.32 Å². The highest BCUT2D eigenvalue weighted by atomic mass is 16.4. The molecule has 0 spiro atoms. The summed E-state index contributed by atoms with van der Waals surface area (Å²) < 4.78 is 1.71. The molecular formula is C12H18N4O3. The number of nitrogens with one attached hydrogen (secondary N) is 1. The van der Waals surface area contributed by atoms with Crippen LogP contribution in [0.15, 0.2) is 12.4 Å². The summed E-state index contributed by atoms with van der Waals surface area (Å²) >= 11 is 0. The van der Waals surface area contributed by atoms with Gasteiger partial charge in [-0.05, 0) is 20.3 Å². The minimum absolute atomic E-state index is 0.232. The van der Waals surface area contributed by atoms with Gasteiger partial charge in [0.25, 0.3) is 0 Å². The lowest BCUT2D eigenvalue weighted by molar-refractivity contribution is -0.146. The molecule has 1 aliphatic rings. The fourth-order valence-corrected chi connectivity index (χ4v) is 2.11. The number of anilines is 1.